The highest BCUT2D eigenvalue weighted by Gasteiger charge is 2.37. The van der Waals surface area contributed by atoms with Crippen molar-refractivity contribution < 1.29 is 4.79 Å². The molecule has 0 aromatic rings. The number of carbonyl (C=O) groups excluding carboxylic acids is 1. The highest BCUT2D eigenvalue weighted by molar-refractivity contribution is 5.80. The van der Waals surface area contributed by atoms with E-state index in [1.807, 2.05) is 0 Å². The molecule has 0 aromatic heterocycles. The molecule has 1 amide bonds. The molecule has 1 saturated heterocycles. The maximum atomic E-state index is 11.5. The van der Waals surface area contributed by atoms with Gasteiger partial charge in [0, 0.05) is 24.4 Å². The molecule has 2 atom stereocenters. The minimum absolute atomic E-state index is 0.255. The van der Waals surface area contributed by atoms with E-state index < -0.39 is 0 Å². The molecule has 0 aromatic carbocycles. The quantitative estimate of drug-likeness (QED) is 0.699. The van der Waals surface area contributed by atoms with E-state index in [2.05, 4.69) is 24.5 Å². The lowest BCUT2D eigenvalue weighted by Gasteiger charge is -2.28. The van der Waals surface area contributed by atoms with Gasteiger partial charge in [0.05, 0.1) is 0 Å². The Morgan fingerprint density at radius 3 is 2.79 bits per heavy atom. The number of nitrogens with one attached hydrogen (secondary N) is 2. The molecule has 0 radical (unpaired) electrons. The molecule has 2 aliphatic rings. The van der Waals surface area contributed by atoms with E-state index in [1.165, 1.54) is 0 Å². The van der Waals surface area contributed by atoms with E-state index in [0.29, 0.717) is 11.8 Å². The number of hydrogen-bond acceptors (Lipinski definition) is 2. The number of amides is 1. The predicted octanol–water partition coefficient (Wildman–Crippen LogP) is 0.758. The van der Waals surface area contributed by atoms with E-state index in [9.17, 15) is 4.79 Å². The third-order valence-corrected chi connectivity index (χ3v) is 3.78. The standard InChI is InChI=1S/C11H20N2O/c1-8-5-12-6-11(8,2)7-13-10(14)9-3-4-9/h8-9,12H,3-7H2,1-2H3,(H,13,14). The van der Waals surface area contributed by atoms with E-state index in [0.717, 1.165) is 32.5 Å². The van der Waals surface area contributed by atoms with Crippen LogP contribution < -0.4 is 10.6 Å². The summed E-state index contributed by atoms with van der Waals surface area (Å²) in [5.41, 5.74) is 0.255. The molecule has 1 aliphatic heterocycles. The van der Waals surface area contributed by atoms with Crippen LogP contribution in [0.3, 0.4) is 0 Å². The van der Waals surface area contributed by atoms with Crippen molar-refractivity contribution in [3.05, 3.63) is 0 Å². The average Bonchev–Trinajstić information content (AvgIpc) is 2.93. The van der Waals surface area contributed by atoms with Crippen molar-refractivity contribution >= 4 is 5.91 Å². The fraction of sp³-hybridized carbons (Fsp3) is 0.909. The van der Waals surface area contributed by atoms with Gasteiger partial charge in [-0.3, -0.25) is 4.79 Å². The Bertz CT molecular complexity index is 237. The first-order valence-corrected chi connectivity index (χ1v) is 5.60. The summed E-state index contributed by atoms with van der Waals surface area (Å²) in [5.74, 6) is 1.26. The fourth-order valence-corrected chi connectivity index (χ4v) is 2.01. The summed E-state index contributed by atoms with van der Waals surface area (Å²) in [6, 6.07) is 0. The van der Waals surface area contributed by atoms with Gasteiger partial charge in [-0.2, -0.15) is 0 Å². The maximum Gasteiger partial charge on any atom is 0.223 e. The minimum Gasteiger partial charge on any atom is -0.355 e. The number of rotatable bonds is 3. The van der Waals surface area contributed by atoms with Crippen LogP contribution in [0.1, 0.15) is 26.7 Å². The zero-order chi connectivity index (χ0) is 10.2. The molecule has 2 fully saturated rings. The third kappa shape index (κ3) is 1.92. The van der Waals surface area contributed by atoms with E-state index >= 15 is 0 Å². The highest BCUT2D eigenvalue weighted by Crippen LogP contribution is 2.32. The van der Waals surface area contributed by atoms with Gasteiger partial charge in [0.25, 0.3) is 0 Å². The summed E-state index contributed by atoms with van der Waals surface area (Å²) in [7, 11) is 0. The summed E-state index contributed by atoms with van der Waals surface area (Å²) in [4.78, 5) is 11.5. The fourth-order valence-electron chi connectivity index (χ4n) is 2.01. The van der Waals surface area contributed by atoms with Crippen LogP contribution in [0.5, 0.6) is 0 Å². The molecule has 14 heavy (non-hydrogen) atoms. The van der Waals surface area contributed by atoms with Gasteiger partial charge in [0.2, 0.25) is 5.91 Å². The molecule has 1 heterocycles. The molecule has 1 aliphatic carbocycles. The largest absolute Gasteiger partial charge is 0.355 e. The molecule has 2 unspecified atom stereocenters. The van der Waals surface area contributed by atoms with Crippen LogP contribution in [0.15, 0.2) is 0 Å². The van der Waals surface area contributed by atoms with Gasteiger partial charge in [-0.15, -0.1) is 0 Å². The molecule has 0 spiro atoms. The lowest BCUT2D eigenvalue weighted by molar-refractivity contribution is -0.122. The van der Waals surface area contributed by atoms with Crippen molar-refractivity contribution in [3.63, 3.8) is 0 Å². The lowest BCUT2D eigenvalue weighted by atomic mass is 9.81. The van der Waals surface area contributed by atoms with Crippen LogP contribution in [-0.4, -0.2) is 25.5 Å². The van der Waals surface area contributed by atoms with Crippen LogP contribution in [0, 0.1) is 17.3 Å². The van der Waals surface area contributed by atoms with Crippen molar-refractivity contribution in [3.8, 4) is 0 Å². The van der Waals surface area contributed by atoms with Crippen molar-refractivity contribution in [1.29, 1.82) is 0 Å². The molecule has 80 valence electrons. The monoisotopic (exact) mass is 196 g/mol. The Labute approximate surface area is 85.6 Å². The van der Waals surface area contributed by atoms with Gasteiger partial charge in [0.15, 0.2) is 0 Å². The second kappa shape index (κ2) is 3.54. The zero-order valence-corrected chi connectivity index (χ0v) is 9.10. The van der Waals surface area contributed by atoms with Crippen molar-refractivity contribution in [2.75, 3.05) is 19.6 Å². The maximum absolute atomic E-state index is 11.5. The third-order valence-electron chi connectivity index (χ3n) is 3.78. The first kappa shape index (κ1) is 9.97. The van der Waals surface area contributed by atoms with E-state index in [4.69, 9.17) is 0 Å². The summed E-state index contributed by atoms with van der Waals surface area (Å²) in [5, 5.41) is 6.46. The SMILES string of the molecule is CC1CNCC1(C)CNC(=O)C1CC1. The number of hydrogen-bond donors (Lipinski definition) is 2. The van der Waals surface area contributed by atoms with Gasteiger partial charge in [0.1, 0.15) is 0 Å². The second-order valence-electron chi connectivity index (χ2n) is 5.18. The van der Waals surface area contributed by atoms with E-state index in [1.54, 1.807) is 0 Å². The lowest BCUT2D eigenvalue weighted by Crippen LogP contribution is -2.40. The summed E-state index contributed by atoms with van der Waals surface area (Å²) in [6.07, 6.45) is 2.19. The molecular formula is C11H20N2O. The Hall–Kier alpha value is -0.570. The van der Waals surface area contributed by atoms with Crippen LogP contribution in [0.2, 0.25) is 0 Å². The summed E-state index contributed by atoms with van der Waals surface area (Å²) in [6.45, 7) is 7.44. The van der Waals surface area contributed by atoms with Gasteiger partial charge >= 0.3 is 0 Å². The van der Waals surface area contributed by atoms with Gasteiger partial charge in [-0.1, -0.05) is 13.8 Å². The number of carbonyl (C=O) groups is 1. The molecular weight excluding hydrogens is 176 g/mol. The Kier molecular flexibility index (Phi) is 2.52. The molecule has 2 N–H and O–H groups in total. The summed E-state index contributed by atoms with van der Waals surface area (Å²) >= 11 is 0. The molecule has 3 nitrogen and oxygen atoms in total. The smallest absolute Gasteiger partial charge is 0.223 e. The first-order chi connectivity index (χ1) is 6.62. The normalized spacial score (nSPS) is 37.1. The van der Waals surface area contributed by atoms with Crippen LogP contribution in [-0.2, 0) is 4.79 Å². The van der Waals surface area contributed by atoms with Crippen LogP contribution in [0.4, 0.5) is 0 Å². The van der Waals surface area contributed by atoms with Gasteiger partial charge in [-0.25, -0.2) is 0 Å². The minimum atomic E-state index is 0.255. The highest BCUT2D eigenvalue weighted by atomic mass is 16.2. The molecule has 0 bridgehead atoms. The first-order valence-electron chi connectivity index (χ1n) is 5.60. The molecule has 3 heteroatoms. The summed E-state index contributed by atoms with van der Waals surface area (Å²) < 4.78 is 0. The van der Waals surface area contributed by atoms with Crippen LogP contribution in [0.25, 0.3) is 0 Å². The Balaban J connectivity index is 1.80. The zero-order valence-electron chi connectivity index (χ0n) is 9.10. The van der Waals surface area contributed by atoms with Crippen molar-refractivity contribution in [2.24, 2.45) is 17.3 Å². The van der Waals surface area contributed by atoms with Crippen molar-refractivity contribution in [2.45, 2.75) is 26.7 Å². The molecule has 1 saturated carbocycles. The molecule has 2 rings (SSSR count). The van der Waals surface area contributed by atoms with Gasteiger partial charge in [-0.05, 0) is 25.3 Å². The topological polar surface area (TPSA) is 41.1 Å². The predicted molar refractivity (Wildman–Crippen MR) is 55.9 cm³/mol. The van der Waals surface area contributed by atoms with Crippen LogP contribution >= 0.6 is 0 Å². The van der Waals surface area contributed by atoms with E-state index in [-0.39, 0.29) is 11.3 Å². The second-order valence-corrected chi connectivity index (χ2v) is 5.18. The Morgan fingerprint density at radius 1 is 1.57 bits per heavy atom. The average molecular weight is 196 g/mol. The van der Waals surface area contributed by atoms with Crippen molar-refractivity contribution in [1.82, 2.24) is 10.6 Å². The Morgan fingerprint density at radius 2 is 2.29 bits per heavy atom. The van der Waals surface area contributed by atoms with Gasteiger partial charge < -0.3 is 10.6 Å².